The van der Waals surface area contributed by atoms with Crippen LogP contribution >= 0.6 is 11.3 Å². The highest BCUT2D eigenvalue weighted by molar-refractivity contribution is 7.21. The molecule has 2 N–H and O–H groups in total. The third-order valence-corrected chi connectivity index (χ3v) is 5.99. The highest BCUT2D eigenvalue weighted by Crippen LogP contribution is 2.38. The summed E-state index contributed by atoms with van der Waals surface area (Å²) in [6.45, 7) is 5.85. The largest absolute Gasteiger partial charge is 0.497 e. The first-order chi connectivity index (χ1) is 15.7. The quantitative estimate of drug-likeness (QED) is 0.438. The van der Waals surface area contributed by atoms with Crippen LogP contribution in [0.25, 0.3) is 10.1 Å². The molecule has 0 aliphatic heterocycles. The SMILES string of the molecule is COC(=O)c1sc2ccc(OC)cc2c1NC[C@@H](Cc1ccccc1)NC(=O)OC(C)(C)C. The normalized spacial score (nSPS) is 12.2. The molecule has 1 amide bonds. The van der Waals surface area contributed by atoms with Gasteiger partial charge < -0.3 is 24.8 Å². The number of hydrogen-bond acceptors (Lipinski definition) is 7. The first kappa shape index (κ1) is 24.4. The predicted molar refractivity (Wildman–Crippen MR) is 132 cm³/mol. The molecule has 0 unspecified atom stereocenters. The monoisotopic (exact) mass is 470 g/mol. The number of amides is 1. The summed E-state index contributed by atoms with van der Waals surface area (Å²) < 4.78 is 16.7. The van der Waals surface area contributed by atoms with Crippen LogP contribution in [0, 0.1) is 0 Å². The van der Waals surface area contributed by atoms with E-state index in [4.69, 9.17) is 14.2 Å². The van der Waals surface area contributed by atoms with Crippen molar-refractivity contribution in [2.45, 2.75) is 38.8 Å². The van der Waals surface area contributed by atoms with E-state index in [1.807, 2.05) is 69.3 Å². The van der Waals surface area contributed by atoms with E-state index >= 15 is 0 Å². The second kappa shape index (κ2) is 10.6. The molecule has 1 heterocycles. The minimum atomic E-state index is -0.604. The van der Waals surface area contributed by atoms with Gasteiger partial charge in [-0.3, -0.25) is 0 Å². The molecule has 33 heavy (non-hydrogen) atoms. The Bertz CT molecular complexity index is 1110. The molecule has 7 nitrogen and oxygen atoms in total. The van der Waals surface area contributed by atoms with Gasteiger partial charge in [0, 0.05) is 16.6 Å². The van der Waals surface area contributed by atoms with Crippen molar-refractivity contribution in [3.63, 3.8) is 0 Å². The molecule has 0 fully saturated rings. The number of rotatable bonds is 8. The number of carbonyl (C=O) groups excluding carboxylic acids is 2. The minimum Gasteiger partial charge on any atom is -0.497 e. The molecule has 1 aromatic heterocycles. The highest BCUT2D eigenvalue weighted by atomic mass is 32.1. The number of thiophene rings is 1. The fraction of sp³-hybridized carbons (Fsp3) is 0.360. The summed E-state index contributed by atoms with van der Waals surface area (Å²) in [5, 5.41) is 7.19. The maximum Gasteiger partial charge on any atom is 0.407 e. The Balaban J connectivity index is 1.88. The van der Waals surface area contributed by atoms with E-state index in [9.17, 15) is 9.59 Å². The third-order valence-electron chi connectivity index (χ3n) is 4.84. The van der Waals surface area contributed by atoms with E-state index in [0.717, 1.165) is 15.6 Å². The van der Waals surface area contributed by atoms with Crippen LogP contribution in [0.15, 0.2) is 48.5 Å². The maximum atomic E-state index is 12.5. The van der Waals surface area contributed by atoms with Gasteiger partial charge in [-0.25, -0.2) is 9.59 Å². The van der Waals surface area contributed by atoms with Crippen molar-refractivity contribution < 1.29 is 23.8 Å². The van der Waals surface area contributed by atoms with Gasteiger partial charge in [0.1, 0.15) is 16.2 Å². The van der Waals surface area contributed by atoms with Crippen LogP contribution in [0.3, 0.4) is 0 Å². The zero-order chi connectivity index (χ0) is 24.0. The second-order valence-corrected chi connectivity index (χ2v) is 9.63. The minimum absolute atomic E-state index is 0.284. The molecule has 1 atom stereocenters. The number of alkyl carbamates (subject to hydrolysis) is 1. The van der Waals surface area contributed by atoms with Crippen LogP contribution in [-0.4, -0.2) is 44.5 Å². The molecule has 0 saturated carbocycles. The van der Waals surface area contributed by atoms with Gasteiger partial charge in [-0.15, -0.1) is 11.3 Å². The molecule has 0 aliphatic carbocycles. The van der Waals surface area contributed by atoms with Crippen molar-refractivity contribution in [1.82, 2.24) is 5.32 Å². The maximum absolute atomic E-state index is 12.5. The lowest BCUT2D eigenvalue weighted by Gasteiger charge is -2.24. The van der Waals surface area contributed by atoms with Gasteiger partial charge >= 0.3 is 12.1 Å². The molecule has 176 valence electrons. The molecule has 8 heteroatoms. The lowest BCUT2D eigenvalue weighted by Crippen LogP contribution is -2.43. The number of carbonyl (C=O) groups is 2. The molecular formula is C25H30N2O5S. The van der Waals surface area contributed by atoms with E-state index in [1.54, 1.807) is 7.11 Å². The Morgan fingerprint density at radius 1 is 1.06 bits per heavy atom. The molecular weight excluding hydrogens is 440 g/mol. The number of anilines is 1. The smallest absolute Gasteiger partial charge is 0.407 e. The van der Waals surface area contributed by atoms with E-state index in [2.05, 4.69) is 10.6 Å². The van der Waals surface area contributed by atoms with Crippen LogP contribution in [0.2, 0.25) is 0 Å². The number of esters is 1. The van der Waals surface area contributed by atoms with Gasteiger partial charge in [-0.05, 0) is 51.0 Å². The standard InChI is InChI=1S/C25H30N2O5S/c1-25(2,3)32-24(29)27-17(13-16-9-7-6-8-10-16)15-26-21-19-14-18(30-4)11-12-20(19)33-22(21)23(28)31-5/h6-12,14,17,26H,13,15H2,1-5H3,(H,27,29)/t17-/m1/s1. The summed E-state index contributed by atoms with van der Waals surface area (Å²) in [6.07, 6.45) is 0.0988. The van der Waals surface area contributed by atoms with Gasteiger partial charge in [0.05, 0.1) is 25.9 Å². The summed E-state index contributed by atoms with van der Waals surface area (Å²) in [6, 6.07) is 15.3. The van der Waals surface area contributed by atoms with Crippen molar-refractivity contribution in [2.75, 3.05) is 26.1 Å². The summed E-state index contributed by atoms with van der Waals surface area (Å²) in [7, 11) is 2.96. The van der Waals surface area contributed by atoms with Gasteiger partial charge in [0.2, 0.25) is 0 Å². The number of nitrogens with one attached hydrogen (secondary N) is 2. The van der Waals surface area contributed by atoms with Gasteiger partial charge in [0.25, 0.3) is 0 Å². The second-order valence-electron chi connectivity index (χ2n) is 8.57. The molecule has 0 bridgehead atoms. The van der Waals surface area contributed by atoms with E-state index in [0.29, 0.717) is 29.3 Å². The molecule has 0 radical (unpaired) electrons. The summed E-state index contributed by atoms with van der Waals surface area (Å²) in [4.78, 5) is 25.4. The molecule has 0 aliphatic rings. The van der Waals surface area contributed by atoms with Crippen molar-refractivity contribution >= 4 is 39.2 Å². The topological polar surface area (TPSA) is 85.9 Å². The average Bonchev–Trinajstić information content (AvgIpc) is 3.14. The van der Waals surface area contributed by atoms with Crippen LogP contribution in [0.1, 0.15) is 36.0 Å². The van der Waals surface area contributed by atoms with E-state index in [1.165, 1.54) is 18.4 Å². The van der Waals surface area contributed by atoms with Crippen LogP contribution < -0.4 is 15.4 Å². The van der Waals surface area contributed by atoms with Crippen LogP contribution in [0.4, 0.5) is 10.5 Å². The fourth-order valence-electron chi connectivity index (χ4n) is 3.39. The predicted octanol–water partition coefficient (Wildman–Crippen LogP) is 5.24. The van der Waals surface area contributed by atoms with E-state index in [-0.39, 0.29) is 6.04 Å². The zero-order valence-corrected chi connectivity index (χ0v) is 20.4. The van der Waals surface area contributed by atoms with Gasteiger partial charge in [-0.2, -0.15) is 0 Å². The zero-order valence-electron chi connectivity index (χ0n) is 19.6. The van der Waals surface area contributed by atoms with Crippen LogP contribution in [0.5, 0.6) is 5.75 Å². The van der Waals surface area contributed by atoms with Crippen molar-refractivity contribution in [3.05, 3.63) is 59.0 Å². The first-order valence-corrected chi connectivity index (χ1v) is 11.5. The lowest BCUT2D eigenvalue weighted by atomic mass is 10.1. The Labute approximate surface area is 198 Å². The fourth-order valence-corrected chi connectivity index (χ4v) is 4.47. The van der Waals surface area contributed by atoms with Gasteiger partial charge in [-0.1, -0.05) is 30.3 Å². The number of fused-ring (bicyclic) bond motifs is 1. The van der Waals surface area contributed by atoms with Crippen molar-refractivity contribution in [1.29, 1.82) is 0 Å². The average molecular weight is 471 g/mol. The lowest BCUT2D eigenvalue weighted by molar-refractivity contribution is 0.0505. The Kier molecular flexibility index (Phi) is 7.81. The number of methoxy groups -OCH3 is 2. The summed E-state index contributed by atoms with van der Waals surface area (Å²) >= 11 is 1.35. The van der Waals surface area contributed by atoms with Crippen molar-refractivity contribution in [3.8, 4) is 5.75 Å². The Hall–Kier alpha value is -3.26. The summed E-state index contributed by atoms with van der Waals surface area (Å²) in [5.74, 6) is 0.268. The number of hydrogen-bond donors (Lipinski definition) is 2. The van der Waals surface area contributed by atoms with E-state index < -0.39 is 17.7 Å². The Morgan fingerprint density at radius 2 is 1.79 bits per heavy atom. The summed E-state index contributed by atoms with van der Waals surface area (Å²) in [5.41, 5.74) is 1.13. The molecule has 3 aromatic rings. The molecule has 2 aromatic carbocycles. The first-order valence-electron chi connectivity index (χ1n) is 10.7. The third kappa shape index (κ3) is 6.61. The van der Waals surface area contributed by atoms with Crippen LogP contribution in [-0.2, 0) is 15.9 Å². The molecule has 3 rings (SSSR count). The van der Waals surface area contributed by atoms with Crippen molar-refractivity contribution in [2.24, 2.45) is 0 Å². The molecule has 0 spiro atoms. The Morgan fingerprint density at radius 3 is 2.42 bits per heavy atom. The number of ether oxygens (including phenoxy) is 3. The highest BCUT2D eigenvalue weighted by Gasteiger charge is 2.23. The molecule has 0 saturated heterocycles. The van der Waals surface area contributed by atoms with Gasteiger partial charge in [0.15, 0.2) is 0 Å². The number of benzene rings is 2.